The number of fused-ring (bicyclic) bond motifs is 1. The number of rotatable bonds is 11. The molecule has 0 amide bonds. The van der Waals surface area contributed by atoms with Crippen molar-refractivity contribution in [3.05, 3.63) is 87.6 Å². The van der Waals surface area contributed by atoms with Crippen LogP contribution in [-0.4, -0.2) is 35.3 Å². The number of hydrogen-bond acceptors (Lipinski definition) is 6. The zero-order valence-electron chi connectivity index (χ0n) is 21.8. The van der Waals surface area contributed by atoms with E-state index in [0.29, 0.717) is 11.3 Å². The fourth-order valence-electron chi connectivity index (χ4n) is 4.67. The Balaban J connectivity index is 1.32. The van der Waals surface area contributed by atoms with E-state index in [1.807, 2.05) is 24.3 Å². The first kappa shape index (κ1) is 26.3. The van der Waals surface area contributed by atoms with Gasteiger partial charge in [-0.1, -0.05) is 55.8 Å². The highest BCUT2D eigenvalue weighted by Gasteiger charge is 2.16. The van der Waals surface area contributed by atoms with Crippen LogP contribution < -0.4 is 10.2 Å². The first-order chi connectivity index (χ1) is 17.9. The van der Waals surface area contributed by atoms with E-state index in [4.69, 9.17) is 9.15 Å². The lowest BCUT2D eigenvalue weighted by Gasteiger charge is -2.21. The van der Waals surface area contributed by atoms with Crippen molar-refractivity contribution < 1.29 is 19.4 Å². The largest absolute Gasteiger partial charge is 0.507 e. The fourth-order valence-corrected chi connectivity index (χ4v) is 4.67. The summed E-state index contributed by atoms with van der Waals surface area (Å²) in [6, 6.07) is 18.8. The van der Waals surface area contributed by atoms with E-state index in [0.717, 1.165) is 56.6 Å². The number of benzene rings is 3. The number of phenols is 2. The summed E-state index contributed by atoms with van der Waals surface area (Å²) in [4.78, 5) is 15.1. The maximum absolute atomic E-state index is 12.6. The standard InChI is InChI=1S/C31H35NO5/c1-4-32(20-24-11-7-8-12-28(24)36-3)17-9-5-6-10-22-13-15-23(16-14-22)29-19-27(35)30-26(34)18-25(33)21(2)31(30)37-29/h7-8,11-16,18-19,33-34H,4-6,9-10,17,20H2,1-3H3. The molecule has 3 aromatic carbocycles. The summed E-state index contributed by atoms with van der Waals surface area (Å²) < 4.78 is 11.4. The lowest BCUT2D eigenvalue weighted by Crippen LogP contribution is -2.24. The van der Waals surface area contributed by atoms with Gasteiger partial charge in [-0.2, -0.15) is 0 Å². The molecular weight excluding hydrogens is 466 g/mol. The Hall–Kier alpha value is -3.77. The predicted molar refractivity (Wildman–Crippen MR) is 147 cm³/mol. The van der Waals surface area contributed by atoms with Gasteiger partial charge in [-0.25, -0.2) is 0 Å². The summed E-state index contributed by atoms with van der Waals surface area (Å²) in [5.74, 6) is 0.962. The van der Waals surface area contributed by atoms with Gasteiger partial charge in [0.1, 0.15) is 34.0 Å². The Morgan fingerprint density at radius 2 is 1.70 bits per heavy atom. The third-order valence-corrected chi connectivity index (χ3v) is 6.91. The molecule has 37 heavy (non-hydrogen) atoms. The van der Waals surface area contributed by atoms with Crippen LogP contribution in [0.3, 0.4) is 0 Å². The average molecular weight is 502 g/mol. The molecule has 0 radical (unpaired) electrons. The minimum Gasteiger partial charge on any atom is -0.507 e. The van der Waals surface area contributed by atoms with Gasteiger partial charge in [0.25, 0.3) is 0 Å². The molecule has 0 saturated heterocycles. The van der Waals surface area contributed by atoms with Gasteiger partial charge in [0.05, 0.1) is 7.11 Å². The highest BCUT2D eigenvalue weighted by molar-refractivity contribution is 5.88. The average Bonchev–Trinajstić information content (AvgIpc) is 2.91. The number of unbranched alkanes of at least 4 members (excludes halogenated alkanes) is 2. The van der Waals surface area contributed by atoms with Crippen LogP contribution in [0.15, 0.2) is 69.9 Å². The van der Waals surface area contributed by atoms with Gasteiger partial charge >= 0.3 is 0 Å². The van der Waals surface area contributed by atoms with Crippen LogP contribution in [0.25, 0.3) is 22.3 Å². The number of aromatic hydroxyl groups is 2. The van der Waals surface area contributed by atoms with Crippen LogP contribution in [0.1, 0.15) is 42.9 Å². The molecule has 0 atom stereocenters. The summed E-state index contributed by atoms with van der Waals surface area (Å²) in [6.45, 7) is 6.81. The quantitative estimate of drug-likeness (QED) is 0.231. The Morgan fingerprint density at radius 3 is 2.43 bits per heavy atom. The molecule has 6 nitrogen and oxygen atoms in total. The first-order valence-corrected chi connectivity index (χ1v) is 12.8. The first-order valence-electron chi connectivity index (χ1n) is 12.8. The normalized spacial score (nSPS) is 11.4. The summed E-state index contributed by atoms with van der Waals surface area (Å²) in [7, 11) is 1.72. The molecule has 2 N–H and O–H groups in total. The van der Waals surface area contributed by atoms with E-state index in [1.54, 1.807) is 14.0 Å². The van der Waals surface area contributed by atoms with Crippen molar-refractivity contribution in [2.75, 3.05) is 20.2 Å². The van der Waals surface area contributed by atoms with E-state index in [-0.39, 0.29) is 27.9 Å². The van der Waals surface area contributed by atoms with Gasteiger partial charge < -0.3 is 19.4 Å². The second-order valence-corrected chi connectivity index (χ2v) is 9.41. The molecule has 4 aromatic rings. The van der Waals surface area contributed by atoms with Gasteiger partial charge in [-0.3, -0.25) is 9.69 Å². The van der Waals surface area contributed by atoms with Gasteiger partial charge in [0.2, 0.25) is 0 Å². The highest BCUT2D eigenvalue weighted by atomic mass is 16.5. The number of hydrogen-bond donors (Lipinski definition) is 2. The lowest BCUT2D eigenvalue weighted by molar-refractivity contribution is 0.268. The van der Waals surface area contributed by atoms with Crippen molar-refractivity contribution in [1.29, 1.82) is 0 Å². The molecule has 0 aliphatic heterocycles. The van der Waals surface area contributed by atoms with Gasteiger partial charge in [-0.15, -0.1) is 0 Å². The molecule has 0 saturated carbocycles. The summed E-state index contributed by atoms with van der Waals surface area (Å²) in [6.07, 6.45) is 4.38. The number of ether oxygens (including phenoxy) is 1. The maximum Gasteiger partial charge on any atom is 0.197 e. The van der Waals surface area contributed by atoms with E-state index >= 15 is 0 Å². The van der Waals surface area contributed by atoms with Crippen molar-refractivity contribution in [1.82, 2.24) is 4.90 Å². The van der Waals surface area contributed by atoms with Crippen LogP contribution in [0.2, 0.25) is 0 Å². The minimum atomic E-state index is -0.340. The molecule has 6 heteroatoms. The number of methoxy groups -OCH3 is 1. The molecule has 0 aliphatic rings. The third kappa shape index (κ3) is 6.15. The van der Waals surface area contributed by atoms with Crippen LogP contribution in [0.4, 0.5) is 0 Å². The Labute approximate surface area is 217 Å². The fraction of sp³-hybridized carbons (Fsp3) is 0.323. The Kier molecular flexibility index (Phi) is 8.51. The van der Waals surface area contributed by atoms with E-state index in [1.165, 1.54) is 23.3 Å². The highest BCUT2D eigenvalue weighted by Crippen LogP contribution is 2.34. The smallest absolute Gasteiger partial charge is 0.197 e. The number of nitrogens with zero attached hydrogens (tertiary/aromatic N) is 1. The van der Waals surface area contributed by atoms with Crippen molar-refractivity contribution in [2.24, 2.45) is 0 Å². The van der Waals surface area contributed by atoms with Crippen molar-refractivity contribution in [3.63, 3.8) is 0 Å². The molecule has 1 aromatic heterocycles. The summed E-state index contributed by atoms with van der Waals surface area (Å²) in [5, 5.41) is 20.2. The SMILES string of the molecule is CCN(CCCCCc1ccc(-c2cc(=O)c3c(O)cc(O)c(C)c3o2)cc1)Cc1ccccc1OC. The Bertz CT molecular complexity index is 1410. The maximum atomic E-state index is 12.6. The minimum absolute atomic E-state index is 0.0835. The molecule has 4 rings (SSSR count). The van der Waals surface area contributed by atoms with Crippen LogP contribution >= 0.6 is 0 Å². The second kappa shape index (κ2) is 12.0. The summed E-state index contributed by atoms with van der Waals surface area (Å²) >= 11 is 0. The second-order valence-electron chi connectivity index (χ2n) is 9.41. The van der Waals surface area contributed by atoms with E-state index < -0.39 is 0 Å². The van der Waals surface area contributed by atoms with Crippen molar-refractivity contribution in [2.45, 2.75) is 46.1 Å². The Morgan fingerprint density at radius 1 is 0.946 bits per heavy atom. The van der Waals surface area contributed by atoms with Crippen LogP contribution in [0.5, 0.6) is 17.2 Å². The van der Waals surface area contributed by atoms with Gasteiger partial charge in [0.15, 0.2) is 5.43 Å². The number of aryl methyl sites for hydroxylation is 2. The van der Waals surface area contributed by atoms with Crippen molar-refractivity contribution in [3.8, 4) is 28.6 Å². The molecule has 0 bridgehead atoms. The lowest BCUT2D eigenvalue weighted by atomic mass is 10.0. The van der Waals surface area contributed by atoms with Gasteiger partial charge in [-0.05, 0) is 50.9 Å². The van der Waals surface area contributed by atoms with E-state index in [9.17, 15) is 15.0 Å². The monoisotopic (exact) mass is 501 g/mol. The van der Waals surface area contributed by atoms with E-state index in [2.05, 4.69) is 36.1 Å². The molecule has 0 aliphatic carbocycles. The zero-order chi connectivity index (χ0) is 26.4. The predicted octanol–water partition coefficient (Wildman–Crippen LogP) is 6.42. The zero-order valence-corrected chi connectivity index (χ0v) is 21.8. The topological polar surface area (TPSA) is 83.1 Å². The third-order valence-electron chi connectivity index (χ3n) is 6.91. The molecule has 0 fully saturated rings. The van der Waals surface area contributed by atoms with Gasteiger partial charge in [0, 0.05) is 35.4 Å². The molecule has 1 heterocycles. The molecule has 194 valence electrons. The van der Waals surface area contributed by atoms with Crippen LogP contribution in [0, 0.1) is 6.92 Å². The molecule has 0 spiro atoms. The van der Waals surface area contributed by atoms with Crippen molar-refractivity contribution >= 4 is 11.0 Å². The summed E-state index contributed by atoms with van der Waals surface area (Å²) in [5.41, 5.74) is 3.52. The molecular formula is C31H35NO5. The number of phenolic OH excluding ortho intramolecular Hbond substituents is 2. The number of para-hydroxylation sites is 1. The molecule has 0 unspecified atom stereocenters. The van der Waals surface area contributed by atoms with Crippen LogP contribution in [-0.2, 0) is 13.0 Å².